The number of carbonyl (C=O) groups is 1. The van der Waals surface area contributed by atoms with Crippen molar-refractivity contribution >= 4 is 27.5 Å². The minimum Gasteiger partial charge on any atom is -0.494 e. The summed E-state index contributed by atoms with van der Waals surface area (Å²) >= 11 is 5.86. The van der Waals surface area contributed by atoms with E-state index in [-0.39, 0.29) is 22.6 Å². The van der Waals surface area contributed by atoms with Gasteiger partial charge in [0.2, 0.25) is 21.7 Å². The van der Waals surface area contributed by atoms with Crippen LogP contribution in [0.5, 0.6) is 5.75 Å². The molecule has 1 unspecified atom stereocenters. The SMILES string of the molecule is COc1ccc(CN(C2CCCCNC2=O)S(=O)(=O)c2ccc(Cl)cc2)c(F)c1F. The summed E-state index contributed by atoms with van der Waals surface area (Å²) in [5, 5.41) is 3.03. The summed E-state index contributed by atoms with van der Waals surface area (Å²) in [6, 6.07) is 6.84. The summed E-state index contributed by atoms with van der Waals surface area (Å²) in [4.78, 5) is 12.5. The summed E-state index contributed by atoms with van der Waals surface area (Å²) in [7, 11) is -3.02. The monoisotopic (exact) mass is 458 g/mol. The molecule has 0 aliphatic carbocycles. The van der Waals surface area contributed by atoms with Crippen molar-refractivity contribution in [1.82, 2.24) is 9.62 Å². The standard InChI is InChI=1S/C20H21ClF2N2O4S/c1-29-17-10-5-13(18(22)19(17)23)12-25(16-4-2-3-11-24-20(16)26)30(27,28)15-8-6-14(21)7-9-15/h5-10,16H,2-4,11-12H2,1H3,(H,24,26). The molecular formula is C20H21ClF2N2O4S. The van der Waals surface area contributed by atoms with Crippen LogP contribution in [0.15, 0.2) is 41.3 Å². The number of carbonyl (C=O) groups excluding carboxylic acids is 1. The van der Waals surface area contributed by atoms with Crippen molar-refractivity contribution in [2.24, 2.45) is 0 Å². The second kappa shape index (κ2) is 9.28. The van der Waals surface area contributed by atoms with E-state index in [9.17, 15) is 22.0 Å². The third-order valence-electron chi connectivity index (χ3n) is 4.95. The van der Waals surface area contributed by atoms with E-state index in [0.717, 1.165) is 4.31 Å². The molecule has 1 aliphatic rings. The maximum atomic E-state index is 14.6. The fourth-order valence-corrected chi connectivity index (χ4v) is 5.04. The maximum absolute atomic E-state index is 14.6. The first kappa shape index (κ1) is 22.5. The molecule has 1 heterocycles. The van der Waals surface area contributed by atoms with E-state index in [2.05, 4.69) is 5.32 Å². The average molecular weight is 459 g/mol. The Bertz CT molecular complexity index is 1030. The van der Waals surface area contributed by atoms with Crippen LogP contribution < -0.4 is 10.1 Å². The number of amides is 1. The number of hydrogen-bond donors (Lipinski definition) is 1. The van der Waals surface area contributed by atoms with Gasteiger partial charge in [0.1, 0.15) is 6.04 Å². The van der Waals surface area contributed by atoms with Crippen LogP contribution in [0.4, 0.5) is 8.78 Å². The van der Waals surface area contributed by atoms with Crippen LogP contribution in [0.1, 0.15) is 24.8 Å². The van der Waals surface area contributed by atoms with E-state index in [0.29, 0.717) is 24.4 Å². The van der Waals surface area contributed by atoms with E-state index < -0.39 is 40.2 Å². The third-order valence-corrected chi connectivity index (χ3v) is 7.07. The summed E-state index contributed by atoms with van der Waals surface area (Å²) in [6.07, 6.45) is 1.57. The Balaban J connectivity index is 2.07. The molecule has 1 aliphatic heterocycles. The number of methoxy groups -OCH3 is 1. The molecule has 1 amide bonds. The molecule has 1 saturated heterocycles. The lowest BCUT2D eigenvalue weighted by Crippen LogP contribution is -2.48. The Kier molecular flexibility index (Phi) is 6.95. The lowest BCUT2D eigenvalue weighted by molar-refractivity contribution is -0.124. The van der Waals surface area contributed by atoms with Crippen molar-refractivity contribution in [1.29, 1.82) is 0 Å². The van der Waals surface area contributed by atoms with Gasteiger partial charge >= 0.3 is 0 Å². The largest absolute Gasteiger partial charge is 0.494 e. The molecule has 30 heavy (non-hydrogen) atoms. The lowest BCUT2D eigenvalue weighted by atomic mass is 10.1. The Hall–Kier alpha value is -2.23. The second-order valence-corrected chi connectivity index (χ2v) is 9.19. The van der Waals surface area contributed by atoms with Crippen LogP contribution in [-0.2, 0) is 21.4 Å². The highest BCUT2D eigenvalue weighted by Gasteiger charge is 2.37. The van der Waals surface area contributed by atoms with Crippen LogP contribution in [0.2, 0.25) is 5.02 Å². The van der Waals surface area contributed by atoms with Gasteiger partial charge < -0.3 is 10.1 Å². The number of nitrogens with zero attached hydrogens (tertiary/aromatic N) is 1. The summed E-state index contributed by atoms with van der Waals surface area (Å²) in [5.41, 5.74) is -0.206. The van der Waals surface area contributed by atoms with E-state index in [1.54, 1.807) is 0 Å². The molecule has 2 aromatic carbocycles. The summed E-state index contributed by atoms with van der Waals surface area (Å²) in [6.45, 7) is -0.0918. The van der Waals surface area contributed by atoms with Crippen LogP contribution >= 0.6 is 11.6 Å². The minimum atomic E-state index is -4.22. The molecule has 6 nitrogen and oxygen atoms in total. The molecule has 1 N–H and O–H groups in total. The Morgan fingerprint density at radius 2 is 1.83 bits per heavy atom. The number of hydrogen-bond acceptors (Lipinski definition) is 4. The molecule has 3 rings (SSSR count). The van der Waals surface area contributed by atoms with E-state index >= 15 is 0 Å². The predicted molar refractivity (Wildman–Crippen MR) is 108 cm³/mol. The highest BCUT2D eigenvalue weighted by Crippen LogP contribution is 2.29. The number of halogens is 3. The first-order chi connectivity index (χ1) is 14.3. The van der Waals surface area contributed by atoms with Crippen molar-refractivity contribution in [3.63, 3.8) is 0 Å². The molecule has 0 radical (unpaired) electrons. The van der Waals surface area contributed by atoms with Crippen molar-refractivity contribution < 1.29 is 26.7 Å². The van der Waals surface area contributed by atoms with Gasteiger partial charge in [-0.05, 0) is 49.6 Å². The number of nitrogens with one attached hydrogen (secondary N) is 1. The van der Waals surface area contributed by atoms with Crippen LogP contribution in [0.25, 0.3) is 0 Å². The fourth-order valence-electron chi connectivity index (χ4n) is 3.32. The average Bonchev–Trinajstić information content (AvgIpc) is 2.93. The molecule has 0 saturated carbocycles. The van der Waals surface area contributed by atoms with E-state index in [1.807, 2.05) is 0 Å². The van der Waals surface area contributed by atoms with E-state index in [1.165, 1.54) is 43.5 Å². The van der Waals surface area contributed by atoms with Gasteiger partial charge in [0, 0.05) is 23.7 Å². The molecular weight excluding hydrogens is 438 g/mol. The van der Waals surface area contributed by atoms with Gasteiger partial charge in [0.25, 0.3) is 0 Å². The van der Waals surface area contributed by atoms with Crippen molar-refractivity contribution in [2.75, 3.05) is 13.7 Å². The number of rotatable bonds is 6. The number of benzene rings is 2. The topological polar surface area (TPSA) is 75.7 Å². The molecule has 162 valence electrons. The zero-order chi connectivity index (χ0) is 21.9. The zero-order valence-electron chi connectivity index (χ0n) is 16.2. The van der Waals surface area contributed by atoms with Gasteiger partial charge in [0.15, 0.2) is 11.6 Å². The quantitative estimate of drug-likeness (QED) is 0.719. The van der Waals surface area contributed by atoms with E-state index in [4.69, 9.17) is 16.3 Å². The smallest absolute Gasteiger partial charge is 0.244 e. The van der Waals surface area contributed by atoms with Crippen molar-refractivity contribution in [2.45, 2.75) is 36.7 Å². The van der Waals surface area contributed by atoms with Crippen LogP contribution in [0.3, 0.4) is 0 Å². The lowest BCUT2D eigenvalue weighted by Gasteiger charge is -2.29. The van der Waals surface area contributed by atoms with Crippen LogP contribution in [0, 0.1) is 11.6 Å². The maximum Gasteiger partial charge on any atom is 0.244 e. The Morgan fingerprint density at radius 1 is 1.13 bits per heavy atom. The number of sulfonamides is 1. The Morgan fingerprint density at radius 3 is 2.50 bits per heavy atom. The van der Waals surface area contributed by atoms with Crippen LogP contribution in [-0.4, -0.2) is 38.3 Å². The summed E-state index contributed by atoms with van der Waals surface area (Å²) in [5.74, 6) is -3.21. The minimum absolute atomic E-state index is 0.0988. The van der Waals surface area contributed by atoms with Gasteiger partial charge in [-0.2, -0.15) is 8.70 Å². The normalized spacial score (nSPS) is 17.5. The first-order valence-electron chi connectivity index (χ1n) is 9.31. The molecule has 1 fully saturated rings. The zero-order valence-corrected chi connectivity index (χ0v) is 17.8. The molecule has 2 aromatic rings. The van der Waals surface area contributed by atoms with Gasteiger partial charge in [-0.15, -0.1) is 0 Å². The second-order valence-electron chi connectivity index (χ2n) is 6.86. The molecule has 10 heteroatoms. The molecule has 0 bridgehead atoms. The van der Waals surface area contributed by atoms with Gasteiger partial charge in [-0.1, -0.05) is 17.7 Å². The third kappa shape index (κ3) is 4.58. The van der Waals surface area contributed by atoms with Gasteiger partial charge in [-0.25, -0.2) is 12.8 Å². The van der Waals surface area contributed by atoms with Gasteiger partial charge in [0.05, 0.1) is 12.0 Å². The predicted octanol–water partition coefficient (Wildman–Crippen LogP) is 3.49. The Labute approximate surface area is 178 Å². The highest BCUT2D eigenvalue weighted by molar-refractivity contribution is 7.89. The summed E-state index contributed by atoms with van der Waals surface area (Å²) < 4.78 is 61.3. The number of ether oxygens (including phenoxy) is 1. The first-order valence-corrected chi connectivity index (χ1v) is 11.1. The molecule has 0 aromatic heterocycles. The van der Waals surface area contributed by atoms with Crippen molar-refractivity contribution in [3.8, 4) is 5.75 Å². The molecule has 1 atom stereocenters. The fraction of sp³-hybridized carbons (Fsp3) is 0.350. The van der Waals surface area contributed by atoms with Crippen molar-refractivity contribution in [3.05, 3.63) is 58.6 Å². The highest BCUT2D eigenvalue weighted by atomic mass is 35.5. The molecule has 0 spiro atoms. The van der Waals surface area contributed by atoms with Gasteiger partial charge in [-0.3, -0.25) is 4.79 Å².